The summed E-state index contributed by atoms with van der Waals surface area (Å²) in [6, 6.07) is 5.64. The number of rotatable bonds is 9. The SMILES string of the molecule is CCOc1cc2c(c(F)c1OCC)C(=NC)N(CC(=O)c1cc(N3CCOCC3)c(OC)c(C(C)(C)C)c1)C2. The monoisotopic (exact) mass is 541 g/mol. The molecule has 2 aliphatic rings. The van der Waals surface area contributed by atoms with Crippen molar-refractivity contribution in [1.82, 2.24) is 4.90 Å². The predicted molar refractivity (Wildman–Crippen MR) is 151 cm³/mol. The molecule has 0 atom stereocenters. The van der Waals surface area contributed by atoms with Gasteiger partial charge in [-0.05, 0) is 43.0 Å². The Kier molecular flexibility index (Phi) is 8.69. The molecule has 2 aliphatic heterocycles. The van der Waals surface area contributed by atoms with E-state index >= 15 is 4.39 Å². The molecule has 0 unspecified atom stereocenters. The van der Waals surface area contributed by atoms with Gasteiger partial charge < -0.3 is 28.7 Å². The second-order valence-corrected chi connectivity index (χ2v) is 10.7. The molecule has 1 saturated heterocycles. The molecule has 0 radical (unpaired) electrons. The Balaban J connectivity index is 1.70. The average Bonchev–Trinajstić information content (AvgIpc) is 3.27. The van der Waals surface area contributed by atoms with E-state index in [1.54, 1.807) is 27.1 Å². The second-order valence-electron chi connectivity index (χ2n) is 10.7. The van der Waals surface area contributed by atoms with Gasteiger partial charge in [0.2, 0.25) is 0 Å². The van der Waals surface area contributed by atoms with Crippen LogP contribution in [0.15, 0.2) is 23.2 Å². The largest absolute Gasteiger partial charge is 0.494 e. The minimum Gasteiger partial charge on any atom is -0.494 e. The fourth-order valence-corrected chi connectivity index (χ4v) is 5.24. The molecule has 212 valence electrons. The van der Waals surface area contributed by atoms with Crippen LogP contribution in [0.1, 0.15) is 61.7 Å². The minimum atomic E-state index is -0.512. The number of hydrogen-bond donors (Lipinski definition) is 0. The van der Waals surface area contributed by atoms with Crippen LogP contribution in [0.2, 0.25) is 0 Å². The van der Waals surface area contributed by atoms with E-state index in [9.17, 15) is 4.79 Å². The van der Waals surface area contributed by atoms with Gasteiger partial charge >= 0.3 is 0 Å². The average molecular weight is 542 g/mol. The van der Waals surface area contributed by atoms with Crippen LogP contribution in [0.4, 0.5) is 10.1 Å². The minimum absolute atomic E-state index is 0.0488. The second kappa shape index (κ2) is 11.8. The van der Waals surface area contributed by atoms with Gasteiger partial charge in [0, 0.05) is 37.8 Å². The topological polar surface area (TPSA) is 72.8 Å². The van der Waals surface area contributed by atoms with Crippen LogP contribution in [0, 0.1) is 5.82 Å². The van der Waals surface area contributed by atoms with Crippen molar-refractivity contribution in [3.05, 3.63) is 46.3 Å². The quantitative estimate of drug-likeness (QED) is 0.421. The van der Waals surface area contributed by atoms with Crippen molar-refractivity contribution in [3.8, 4) is 17.2 Å². The van der Waals surface area contributed by atoms with Crippen molar-refractivity contribution in [2.75, 3.05) is 65.1 Å². The smallest absolute Gasteiger partial charge is 0.197 e. The van der Waals surface area contributed by atoms with Gasteiger partial charge in [-0.25, -0.2) is 4.39 Å². The molecule has 2 aromatic carbocycles. The normalized spacial score (nSPS) is 16.5. The maximum atomic E-state index is 15.7. The number of ketones is 1. The number of aliphatic imine (C=N–C) groups is 1. The van der Waals surface area contributed by atoms with Gasteiger partial charge in [0.1, 0.15) is 11.6 Å². The van der Waals surface area contributed by atoms with Crippen LogP contribution in [0.3, 0.4) is 0 Å². The number of halogens is 1. The summed E-state index contributed by atoms with van der Waals surface area (Å²) < 4.78 is 38.4. The number of nitrogens with zero attached hydrogens (tertiary/aromatic N) is 3. The summed E-state index contributed by atoms with van der Waals surface area (Å²) in [5, 5.41) is 0. The van der Waals surface area contributed by atoms with E-state index in [0.717, 1.165) is 30.1 Å². The lowest BCUT2D eigenvalue weighted by Gasteiger charge is -2.33. The number of methoxy groups -OCH3 is 1. The van der Waals surface area contributed by atoms with Crippen molar-refractivity contribution in [3.63, 3.8) is 0 Å². The molecule has 0 amide bonds. The van der Waals surface area contributed by atoms with Crippen LogP contribution >= 0.6 is 0 Å². The summed E-state index contributed by atoms with van der Waals surface area (Å²) in [4.78, 5) is 22.2. The van der Waals surface area contributed by atoms with Gasteiger partial charge in [0.25, 0.3) is 0 Å². The van der Waals surface area contributed by atoms with Gasteiger partial charge in [-0.1, -0.05) is 20.8 Å². The Bertz CT molecular complexity index is 1250. The number of Topliss-reactive ketones (excluding diaryl/α,β-unsaturated/α-hetero) is 1. The summed E-state index contributed by atoms with van der Waals surface area (Å²) in [5.41, 5.74) is 3.25. The third-order valence-corrected chi connectivity index (χ3v) is 7.04. The first kappa shape index (κ1) is 28.7. The maximum Gasteiger partial charge on any atom is 0.197 e. The molecule has 2 heterocycles. The molecule has 2 aromatic rings. The van der Waals surface area contributed by atoms with E-state index in [-0.39, 0.29) is 23.5 Å². The fourth-order valence-electron chi connectivity index (χ4n) is 5.24. The van der Waals surface area contributed by atoms with Crippen molar-refractivity contribution < 1.29 is 28.1 Å². The zero-order valence-electron chi connectivity index (χ0n) is 24.1. The Morgan fingerprint density at radius 2 is 1.77 bits per heavy atom. The van der Waals surface area contributed by atoms with Crippen molar-refractivity contribution in [2.24, 2.45) is 4.99 Å². The molecule has 1 fully saturated rings. The number of amidine groups is 1. The number of anilines is 1. The standard InChI is InChI=1S/C30H40FN3O5/c1-8-38-24-16-20-17-34(29(32-6)25(20)26(31)28(24)39-9-2)18-23(35)19-14-21(30(3,4)5)27(36-7)22(15-19)33-10-12-37-13-11-33/h14-16H,8-13,17-18H2,1-7H3. The molecule has 0 aromatic heterocycles. The zero-order chi connectivity index (χ0) is 28.3. The van der Waals surface area contributed by atoms with Gasteiger partial charge in [0.05, 0.1) is 51.3 Å². The zero-order valence-corrected chi connectivity index (χ0v) is 24.1. The maximum absolute atomic E-state index is 15.7. The van der Waals surface area contributed by atoms with E-state index in [1.165, 1.54) is 0 Å². The first-order chi connectivity index (χ1) is 18.6. The van der Waals surface area contributed by atoms with Gasteiger partial charge in [-0.15, -0.1) is 0 Å². The van der Waals surface area contributed by atoms with E-state index in [0.29, 0.717) is 61.2 Å². The number of morpholine rings is 1. The number of ether oxygens (including phenoxy) is 4. The molecule has 0 spiro atoms. The summed E-state index contributed by atoms with van der Waals surface area (Å²) in [6.07, 6.45) is 0. The highest BCUT2D eigenvalue weighted by Gasteiger charge is 2.34. The van der Waals surface area contributed by atoms with Crippen LogP contribution in [-0.2, 0) is 16.7 Å². The molecular formula is C30H40FN3O5. The highest BCUT2D eigenvalue weighted by molar-refractivity contribution is 6.07. The fraction of sp³-hybridized carbons (Fsp3) is 0.533. The first-order valence-corrected chi connectivity index (χ1v) is 13.6. The Morgan fingerprint density at radius 3 is 2.36 bits per heavy atom. The summed E-state index contributed by atoms with van der Waals surface area (Å²) in [5.74, 6) is 1.05. The first-order valence-electron chi connectivity index (χ1n) is 13.6. The van der Waals surface area contributed by atoms with Crippen LogP contribution in [-0.4, -0.2) is 76.7 Å². The third-order valence-electron chi connectivity index (χ3n) is 7.04. The number of carbonyl (C=O) groups excluding carboxylic acids is 1. The highest BCUT2D eigenvalue weighted by Crippen LogP contribution is 2.42. The molecular weight excluding hydrogens is 501 g/mol. The molecule has 39 heavy (non-hydrogen) atoms. The van der Waals surface area contributed by atoms with Crippen molar-refractivity contribution in [1.29, 1.82) is 0 Å². The number of fused-ring (bicyclic) bond motifs is 1. The molecule has 0 aliphatic carbocycles. The number of hydrogen-bond acceptors (Lipinski definition) is 7. The summed E-state index contributed by atoms with van der Waals surface area (Å²) in [6.45, 7) is 13.7. The van der Waals surface area contributed by atoms with E-state index < -0.39 is 5.82 Å². The van der Waals surface area contributed by atoms with Crippen molar-refractivity contribution in [2.45, 2.75) is 46.6 Å². The number of benzene rings is 2. The van der Waals surface area contributed by atoms with Crippen LogP contribution < -0.4 is 19.1 Å². The van der Waals surface area contributed by atoms with Crippen molar-refractivity contribution >= 4 is 17.3 Å². The predicted octanol–water partition coefficient (Wildman–Crippen LogP) is 4.84. The van der Waals surface area contributed by atoms with E-state index in [4.69, 9.17) is 18.9 Å². The molecule has 8 nitrogen and oxygen atoms in total. The Morgan fingerprint density at radius 1 is 1.08 bits per heavy atom. The van der Waals surface area contributed by atoms with Gasteiger partial charge in [0.15, 0.2) is 23.1 Å². The third kappa shape index (κ3) is 5.69. The Hall–Kier alpha value is -3.33. The van der Waals surface area contributed by atoms with E-state index in [1.807, 2.05) is 24.0 Å². The molecule has 9 heteroatoms. The van der Waals surface area contributed by atoms with Gasteiger partial charge in [-0.2, -0.15) is 0 Å². The number of carbonyl (C=O) groups is 1. The summed E-state index contributed by atoms with van der Waals surface area (Å²) in [7, 11) is 3.28. The van der Waals surface area contributed by atoms with Crippen LogP contribution in [0.5, 0.6) is 17.2 Å². The Labute approximate surface area is 230 Å². The van der Waals surface area contributed by atoms with E-state index in [2.05, 4.69) is 30.7 Å². The lowest BCUT2D eigenvalue weighted by Crippen LogP contribution is -2.37. The molecule has 0 saturated carbocycles. The van der Waals surface area contributed by atoms with Crippen LogP contribution in [0.25, 0.3) is 0 Å². The molecule has 0 bridgehead atoms. The highest BCUT2D eigenvalue weighted by atomic mass is 19.1. The molecule has 0 N–H and O–H groups in total. The lowest BCUT2D eigenvalue weighted by atomic mass is 9.84. The molecule has 4 rings (SSSR count). The summed E-state index contributed by atoms with van der Waals surface area (Å²) >= 11 is 0. The lowest BCUT2D eigenvalue weighted by molar-refractivity contribution is 0.0962. The van der Waals surface area contributed by atoms with Gasteiger partial charge in [-0.3, -0.25) is 9.79 Å².